The lowest BCUT2D eigenvalue weighted by molar-refractivity contribution is 0.0915. The van der Waals surface area contributed by atoms with Gasteiger partial charge in [0.2, 0.25) is 0 Å². The molecule has 104 valence electrons. The molecule has 1 fully saturated rings. The molecule has 1 aromatic carbocycles. The quantitative estimate of drug-likeness (QED) is 0.910. The largest absolute Gasteiger partial charge is 0.451 e. The van der Waals surface area contributed by atoms with Crippen molar-refractivity contribution >= 4 is 17.5 Å². The van der Waals surface area contributed by atoms with E-state index in [0.717, 1.165) is 18.7 Å². The van der Waals surface area contributed by atoms with Crippen LogP contribution in [-0.4, -0.2) is 25.5 Å². The Labute approximate surface area is 122 Å². The van der Waals surface area contributed by atoms with Gasteiger partial charge in [-0.2, -0.15) is 0 Å². The fourth-order valence-corrected chi connectivity index (χ4v) is 2.17. The summed E-state index contributed by atoms with van der Waals surface area (Å²) in [5.41, 5.74) is 0.900. The maximum Gasteiger partial charge on any atom is 0.287 e. The van der Waals surface area contributed by atoms with Crippen molar-refractivity contribution in [1.29, 1.82) is 0 Å². The van der Waals surface area contributed by atoms with Crippen LogP contribution in [0.4, 0.5) is 0 Å². The summed E-state index contributed by atoms with van der Waals surface area (Å²) in [6.45, 7) is 2.62. The number of amides is 1. The average molecular weight is 291 g/mol. The topological polar surface area (TPSA) is 54.3 Å². The molecule has 0 aliphatic carbocycles. The maximum atomic E-state index is 11.9. The van der Waals surface area contributed by atoms with Crippen LogP contribution in [0.3, 0.4) is 0 Å². The number of hydrogen-bond donors (Lipinski definition) is 2. The molecule has 0 bridgehead atoms. The van der Waals surface area contributed by atoms with Gasteiger partial charge in [-0.3, -0.25) is 4.79 Å². The van der Waals surface area contributed by atoms with Crippen LogP contribution in [0.25, 0.3) is 11.3 Å². The highest BCUT2D eigenvalue weighted by molar-refractivity contribution is 6.30. The third kappa shape index (κ3) is 2.86. The van der Waals surface area contributed by atoms with Crippen molar-refractivity contribution in [2.75, 3.05) is 19.6 Å². The number of carbonyl (C=O) groups excluding carboxylic acids is 1. The molecular formula is C15H15ClN2O2. The average Bonchev–Trinajstić information content (AvgIpc) is 2.87. The number of rotatable bonds is 4. The zero-order chi connectivity index (χ0) is 13.9. The Bertz CT molecular complexity index is 603. The van der Waals surface area contributed by atoms with E-state index in [4.69, 9.17) is 16.0 Å². The molecule has 1 aliphatic heterocycles. The van der Waals surface area contributed by atoms with E-state index in [-0.39, 0.29) is 5.91 Å². The van der Waals surface area contributed by atoms with Gasteiger partial charge in [-0.05, 0) is 36.4 Å². The molecule has 4 nitrogen and oxygen atoms in total. The van der Waals surface area contributed by atoms with Gasteiger partial charge in [0, 0.05) is 36.1 Å². The van der Waals surface area contributed by atoms with Gasteiger partial charge < -0.3 is 15.1 Å². The van der Waals surface area contributed by atoms with Crippen LogP contribution in [0.15, 0.2) is 40.8 Å². The van der Waals surface area contributed by atoms with Crippen LogP contribution in [-0.2, 0) is 0 Å². The summed E-state index contributed by atoms with van der Waals surface area (Å²) in [4.78, 5) is 11.9. The second kappa shape index (κ2) is 5.69. The van der Waals surface area contributed by atoms with E-state index in [2.05, 4.69) is 10.6 Å². The fraction of sp³-hybridized carbons (Fsp3) is 0.267. The van der Waals surface area contributed by atoms with Gasteiger partial charge in [0.1, 0.15) is 5.76 Å². The second-order valence-electron chi connectivity index (χ2n) is 4.91. The van der Waals surface area contributed by atoms with Crippen molar-refractivity contribution in [2.45, 2.75) is 0 Å². The Morgan fingerprint density at radius 2 is 2.00 bits per heavy atom. The normalized spacial score (nSPS) is 14.8. The van der Waals surface area contributed by atoms with Gasteiger partial charge in [-0.1, -0.05) is 11.6 Å². The molecule has 2 aromatic rings. The first-order valence-corrected chi connectivity index (χ1v) is 6.95. The summed E-state index contributed by atoms with van der Waals surface area (Å²) in [7, 11) is 0. The summed E-state index contributed by atoms with van der Waals surface area (Å²) in [5.74, 6) is 1.36. The minimum Gasteiger partial charge on any atom is -0.451 e. The number of halogens is 1. The number of furan rings is 1. The van der Waals surface area contributed by atoms with E-state index in [1.54, 1.807) is 24.3 Å². The first-order valence-electron chi connectivity index (χ1n) is 6.57. The number of carbonyl (C=O) groups is 1. The molecule has 1 amide bonds. The van der Waals surface area contributed by atoms with Crippen LogP contribution in [0.2, 0.25) is 5.02 Å². The van der Waals surface area contributed by atoms with Crippen molar-refractivity contribution in [1.82, 2.24) is 10.6 Å². The lowest BCUT2D eigenvalue weighted by Gasteiger charge is -2.26. The summed E-state index contributed by atoms with van der Waals surface area (Å²) in [6.07, 6.45) is 0. The molecule has 3 rings (SSSR count). The Kier molecular flexibility index (Phi) is 3.76. The highest BCUT2D eigenvalue weighted by atomic mass is 35.5. The monoisotopic (exact) mass is 290 g/mol. The zero-order valence-electron chi connectivity index (χ0n) is 10.9. The SMILES string of the molecule is O=C(NCC1CNC1)c1ccc(-c2ccc(Cl)cc2)o1. The first kappa shape index (κ1) is 13.2. The van der Waals surface area contributed by atoms with Gasteiger partial charge in [-0.25, -0.2) is 0 Å². The fourth-order valence-electron chi connectivity index (χ4n) is 2.05. The molecule has 0 saturated carbocycles. The van der Waals surface area contributed by atoms with Crippen molar-refractivity contribution in [3.05, 3.63) is 47.2 Å². The van der Waals surface area contributed by atoms with Crippen LogP contribution in [0.5, 0.6) is 0 Å². The third-order valence-electron chi connectivity index (χ3n) is 3.38. The van der Waals surface area contributed by atoms with E-state index in [0.29, 0.717) is 29.0 Å². The molecule has 5 heteroatoms. The maximum absolute atomic E-state index is 11.9. The molecule has 0 unspecified atom stereocenters. The van der Waals surface area contributed by atoms with Crippen molar-refractivity contribution in [3.8, 4) is 11.3 Å². The molecule has 20 heavy (non-hydrogen) atoms. The molecule has 1 saturated heterocycles. The molecule has 0 atom stereocenters. The number of hydrogen-bond acceptors (Lipinski definition) is 3. The summed E-state index contributed by atoms with van der Waals surface area (Å²) in [5, 5.41) is 6.72. The predicted molar refractivity (Wildman–Crippen MR) is 77.8 cm³/mol. The van der Waals surface area contributed by atoms with E-state index in [1.165, 1.54) is 0 Å². The van der Waals surface area contributed by atoms with Gasteiger partial charge in [0.15, 0.2) is 5.76 Å². The van der Waals surface area contributed by atoms with Crippen LogP contribution >= 0.6 is 11.6 Å². The number of benzene rings is 1. The summed E-state index contributed by atoms with van der Waals surface area (Å²) in [6, 6.07) is 10.8. The minimum atomic E-state index is -0.169. The van der Waals surface area contributed by atoms with Crippen LogP contribution in [0.1, 0.15) is 10.6 Å². The Morgan fingerprint density at radius 3 is 2.65 bits per heavy atom. The smallest absolute Gasteiger partial charge is 0.287 e. The van der Waals surface area contributed by atoms with Crippen molar-refractivity contribution < 1.29 is 9.21 Å². The van der Waals surface area contributed by atoms with Crippen molar-refractivity contribution in [2.24, 2.45) is 5.92 Å². The molecule has 2 heterocycles. The van der Waals surface area contributed by atoms with E-state index >= 15 is 0 Å². The molecule has 0 radical (unpaired) electrons. The van der Waals surface area contributed by atoms with Crippen LogP contribution in [0, 0.1) is 5.92 Å². The zero-order valence-corrected chi connectivity index (χ0v) is 11.6. The molecule has 2 N–H and O–H groups in total. The van der Waals surface area contributed by atoms with Gasteiger partial charge in [0.25, 0.3) is 5.91 Å². The minimum absolute atomic E-state index is 0.169. The molecule has 0 spiro atoms. The van der Waals surface area contributed by atoms with Gasteiger partial charge >= 0.3 is 0 Å². The molecule has 1 aromatic heterocycles. The Hall–Kier alpha value is -1.78. The molecular weight excluding hydrogens is 276 g/mol. The highest BCUT2D eigenvalue weighted by Crippen LogP contribution is 2.23. The second-order valence-corrected chi connectivity index (χ2v) is 5.34. The summed E-state index contributed by atoms with van der Waals surface area (Å²) >= 11 is 5.85. The third-order valence-corrected chi connectivity index (χ3v) is 3.63. The van der Waals surface area contributed by atoms with E-state index in [1.807, 2.05) is 12.1 Å². The van der Waals surface area contributed by atoms with Crippen LogP contribution < -0.4 is 10.6 Å². The molecule has 1 aliphatic rings. The van der Waals surface area contributed by atoms with Gasteiger partial charge in [-0.15, -0.1) is 0 Å². The van der Waals surface area contributed by atoms with Gasteiger partial charge in [0.05, 0.1) is 0 Å². The lowest BCUT2D eigenvalue weighted by Crippen LogP contribution is -2.48. The Balaban J connectivity index is 1.66. The Morgan fingerprint density at radius 1 is 1.25 bits per heavy atom. The first-order chi connectivity index (χ1) is 9.72. The van der Waals surface area contributed by atoms with E-state index < -0.39 is 0 Å². The van der Waals surface area contributed by atoms with Crippen molar-refractivity contribution in [3.63, 3.8) is 0 Å². The predicted octanol–water partition coefficient (Wildman–Crippen LogP) is 2.55. The number of nitrogens with one attached hydrogen (secondary N) is 2. The highest BCUT2D eigenvalue weighted by Gasteiger charge is 2.19. The van der Waals surface area contributed by atoms with E-state index in [9.17, 15) is 4.79 Å². The standard InChI is InChI=1S/C15H15ClN2O2/c16-12-3-1-11(2-4-12)13-5-6-14(20-13)15(19)18-9-10-7-17-8-10/h1-6,10,17H,7-9H2,(H,18,19). The summed E-state index contributed by atoms with van der Waals surface area (Å²) < 4.78 is 5.58. The lowest BCUT2D eigenvalue weighted by atomic mass is 10.0.